The Morgan fingerprint density at radius 3 is 1.04 bits per heavy atom. The summed E-state index contributed by atoms with van der Waals surface area (Å²) < 4.78 is 11.5. The van der Waals surface area contributed by atoms with Gasteiger partial charge in [0.25, 0.3) is 0 Å². The maximum atomic E-state index is 13.7. The van der Waals surface area contributed by atoms with Gasteiger partial charge in [-0.15, -0.1) is 0 Å². The first-order valence-corrected chi connectivity index (χ1v) is 32.4. The van der Waals surface area contributed by atoms with Crippen molar-refractivity contribution >= 4 is 12.1 Å². The van der Waals surface area contributed by atoms with E-state index >= 15 is 0 Å². The van der Waals surface area contributed by atoms with Crippen LogP contribution in [0.2, 0.25) is 0 Å². The summed E-state index contributed by atoms with van der Waals surface area (Å²) in [7, 11) is 0. The predicted octanol–water partition coefficient (Wildman–Crippen LogP) is 15.2. The van der Waals surface area contributed by atoms with Crippen LogP contribution in [0.4, 0.5) is 4.79 Å². The van der Waals surface area contributed by atoms with Crippen molar-refractivity contribution in [3.63, 3.8) is 0 Å². The molecule has 0 radical (unpaired) electrons. The van der Waals surface area contributed by atoms with Gasteiger partial charge in [-0.2, -0.15) is 0 Å². The summed E-state index contributed by atoms with van der Waals surface area (Å²) in [6.07, 6.45) is 41.3. The van der Waals surface area contributed by atoms with Crippen LogP contribution in [0.1, 0.15) is 284 Å². The number of carbonyl (C=O) groups is 2. The number of esters is 1. The Morgan fingerprint density at radius 2 is 0.711 bits per heavy atom. The van der Waals surface area contributed by atoms with Crippen molar-refractivity contribution in [1.82, 2.24) is 15.1 Å². The number of amides is 1. The monoisotopic (exact) mass is 1070 g/mol. The number of aliphatic hydroxyl groups excluding tert-OH is 4. The summed E-state index contributed by atoms with van der Waals surface area (Å²) >= 11 is 0. The molecular weight excluding hydrogens is 951 g/mol. The lowest BCUT2D eigenvalue weighted by Crippen LogP contribution is -2.43. The highest BCUT2D eigenvalue weighted by molar-refractivity contribution is 5.81. The van der Waals surface area contributed by atoms with Gasteiger partial charge in [0.2, 0.25) is 0 Å². The smallest absolute Gasteiger partial charge is 0.407 e. The third kappa shape index (κ3) is 45.6. The molecule has 5 N–H and O–H groups in total. The van der Waals surface area contributed by atoms with Crippen LogP contribution >= 0.6 is 0 Å². The zero-order valence-corrected chi connectivity index (χ0v) is 50.0. The van der Waals surface area contributed by atoms with Crippen LogP contribution in [0.3, 0.4) is 0 Å². The van der Waals surface area contributed by atoms with Gasteiger partial charge in [-0.05, 0) is 56.9 Å². The first kappa shape index (κ1) is 71.7. The Balaban J connectivity index is 2.83. The minimum Gasteiger partial charge on any atom is -0.464 e. The average molecular weight is 1070 g/mol. The molecule has 446 valence electrons. The summed E-state index contributed by atoms with van der Waals surface area (Å²) in [5, 5.41) is 47.2. The van der Waals surface area contributed by atoms with Crippen LogP contribution < -0.4 is 5.32 Å². The van der Waals surface area contributed by atoms with Gasteiger partial charge in [0.15, 0.2) is 0 Å². The molecule has 4 unspecified atom stereocenters. The van der Waals surface area contributed by atoms with Gasteiger partial charge in [0, 0.05) is 39.3 Å². The third-order valence-corrected chi connectivity index (χ3v) is 15.3. The molecule has 0 aliphatic heterocycles. The van der Waals surface area contributed by atoms with E-state index in [0.717, 1.165) is 82.6 Å². The molecule has 11 heteroatoms. The van der Waals surface area contributed by atoms with Crippen LogP contribution in [0.5, 0.6) is 0 Å². The molecular formula is C65H123N3O8. The van der Waals surface area contributed by atoms with Crippen molar-refractivity contribution in [2.45, 2.75) is 315 Å². The fraction of sp³-hybridized carbons (Fsp3) is 0.877. The molecule has 0 heterocycles. The normalized spacial score (nSPS) is 13.8. The lowest BCUT2D eigenvalue weighted by Gasteiger charge is -2.27. The maximum Gasteiger partial charge on any atom is 0.407 e. The highest BCUT2D eigenvalue weighted by Gasteiger charge is 2.24. The molecule has 1 rings (SSSR count). The highest BCUT2D eigenvalue weighted by atomic mass is 16.6. The lowest BCUT2D eigenvalue weighted by molar-refractivity contribution is -0.146. The van der Waals surface area contributed by atoms with E-state index in [2.05, 4.69) is 42.8 Å². The molecule has 0 spiro atoms. The first-order valence-electron chi connectivity index (χ1n) is 32.4. The van der Waals surface area contributed by atoms with Crippen molar-refractivity contribution in [3.05, 3.63) is 35.9 Å². The van der Waals surface area contributed by atoms with Crippen LogP contribution in [-0.2, 0) is 20.7 Å². The van der Waals surface area contributed by atoms with E-state index in [4.69, 9.17) is 9.47 Å². The summed E-state index contributed by atoms with van der Waals surface area (Å²) in [5.41, 5.74) is 1.05. The molecule has 76 heavy (non-hydrogen) atoms. The van der Waals surface area contributed by atoms with Crippen molar-refractivity contribution < 1.29 is 39.5 Å². The quantitative estimate of drug-likeness (QED) is 0.0315. The van der Waals surface area contributed by atoms with Crippen LogP contribution in [0.15, 0.2) is 30.3 Å². The topological polar surface area (TPSA) is 152 Å². The van der Waals surface area contributed by atoms with Crippen molar-refractivity contribution in [3.8, 4) is 0 Å². The van der Waals surface area contributed by atoms with Gasteiger partial charge in [-0.3, -0.25) is 9.80 Å². The molecule has 0 fully saturated rings. The SMILES string of the molecule is CCCCCCCCCCC(O)CN(CCCOC(=O)N[C@@H](CCc1ccccc1)C(=O)OCCCN(CC(O)CCCCCCCCCC)CC(O)CCCCCCCCCC)CC(O)CCCCCCCCCC. The number of rotatable bonds is 57. The number of aliphatic hydroxyl groups is 4. The molecule has 5 atom stereocenters. The van der Waals surface area contributed by atoms with E-state index in [1.165, 1.54) is 154 Å². The second kappa shape index (κ2) is 53.4. The van der Waals surface area contributed by atoms with E-state index < -0.39 is 42.5 Å². The van der Waals surface area contributed by atoms with Gasteiger partial charge in [-0.25, -0.2) is 9.59 Å². The molecule has 1 amide bonds. The average Bonchev–Trinajstić information content (AvgIpc) is 3.40. The minimum absolute atomic E-state index is 0.136. The molecule has 0 saturated heterocycles. The number of hydrogen-bond donors (Lipinski definition) is 5. The number of carbonyl (C=O) groups excluding carboxylic acids is 2. The van der Waals surface area contributed by atoms with E-state index in [0.29, 0.717) is 65.0 Å². The fourth-order valence-corrected chi connectivity index (χ4v) is 10.5. The number of nitrogens with one attached hydrogen (secondary N) is 1. The second-order valence-electron chi connectivity index (χ2n) is 22.9. The van der Waals surface area contributed by atoms with E-state index in [1.807, 2.05) is 30.3 Å². The van der Waals surface area contributed by atoms with Crippen molar-refractivity contribution in [2.24, 2.45) is 0 Å². The zero-order valence-electron chi connectivity index (χ0n) is 50.0. The van der Waals surface area contributed by atoms with Crippen molar-refractivity contribution in [1.29, 1.82) is 0 Å². The number of unbranched alkanes of at least 4 members (excludes halogenated alkanes) is 28. The number of ether oxygens (including phenoxy) is 2. The van der Waals surface area contributed by atoms with Gasteiger partial charge >= 0.3 is 12.1 Å². The standard InChI is InChI=1S/C65H123N3O8/c1-5-9-13-17-21-25-29-36-44-59(69)54-67(55-60(70)45-37-30-26-22-18-14-10-6-2)50-40-52-75-64(73)63(49-48-58-42-34-33-35-43-58)66-65(74)76-53-41-51-68(56-61(71)46-38-31-27-23-19-15-11-7-3)57-62(72)47-39-32-28-24-20-16-12-8-4/h33-35,42-43,59-63,69-72H,5-32,36-41,44-57H2,1-4H3,(H,66,74)/t59?,60?,61?,62?,63-/m0/s1. The Hall–Kier alpha value is -2.28. The van der Waals surface area contributed by atoms with Gasteiger partial charge in [-0.1, -0.05) is 263 Å². The zero-order chi connectivity index (χ0) is 55.4. The highest BCUT2D eigenvalue weighted by Crippen LogP contribution is 2.17. The van der Waals surface area contributed by atoms with Crippen LogP contribution in [-0.4, -0.2) is 125 Å². The summed E-state index contributed by atoms with van der Waals surface area (Å²) in [4.78, 5) is 31.3. The van der Waals surface area contributed by atoms with E-state index in [1.54, 1.807) is 0 Å². The Kier molecular flexibility index (Phi) is 50.4. The summed E-state index contributed by atoms with van der Waals surface area (Å²) in [6, 6.07) is 8.99. The first-order chi connectivity index (χ1) is 37.1. The Labute approximate surface area is 468 Å². The number of aryl methyl sites for hydroxylation is 1. The van der Waals surface area contributed by atoms with E-state index in [-0.39, 0.29) is 13.2 Å². The largest absolute Gasteiger partial charge is 0.464 e. The molecule has 0 bridgehead atoms. The molecule has 0 aliphatic rings. The van der Waals surface area contributed by atoms with Crippen LogP contribution in [0, 0.1) is 0 Å². The number of nitrogens with zero attached hydrogens (tertiary/aromatic N) is 2. The maximum absolute atomic E-state index is 13.7. The summed E-state index contributed by atoms with van der Waals surface area (Å²) in [5.74, 6) is -0.508. The van der Waals surface area contributed by atoms with E-state index in [9.17, 15) is 30.0 Å². The minimum atomic E-state index is -0.903. The molecule has 1 aromatic rings. The molecule has 0 aromatic heterocycles. The summed E-state index contributed by atoms with van der Waals surface area (Å²) in [6.45, 7) is 12.3. The molecule has 1 aromatic carbocycles. The van der Waals surface area contributed by atoms with Crippen LogP contribution in [0.25, 0.3) is 0 Å². The third-order valence-electron chi connectivity index (χ3n) is 15.3. The Bertz CT molecular complexity index is 1340. The fourth-order valence-electron chi connectivity index (χ4n) is 10.5. The Morgan fingerprint density at radius 1 is 0.408 bits per heavy atom. The number of alkyl carbamates (subject to hydrolysis) is 1. The predicted molar refractivity (Wildman–Crippen MR) is 319 cm³/mol. The van der Waals surface area contributed by atoms with Crippen molar-refractivity contribution in [2.75, 3.05) is 52.5 Å². The second-order valence-corrected chi connectivity index (χ2v) is 22.9. The van der Waals surface area contributed by atoms with Gasteiger partial charge < -0.3 is 35.2 Å². The number of benzene rings is 1. The number of hydrogen-bond acceptors (Lipinski definition) is 10. The van der Waals surface area contributed by atoms with Gasteiger partial charge in [0.05, 0.1) is 37.6 Å². The molecule has 0 saturated carbocycles. The molecule has 11 nitrogen and oxygen atoms in total. The van der Waals surface area contributed by atoms with Gasteiger partial charge in [0.1, 0.15) is 6.04 Å². The molecule has 0 aliphatic carbocycles. The lowest BCUT2D eigenvalue weighted by atomic mass is 10.0.